The van der Waals surface area contributed by atoms with Gasteiger partial charge in [-0.05, 0) is 30.5 Å². The lowest BCUT2D eigenvalue weighted by Crippen LogP contribution is -2.39. The minimum Gasteiger partial charge on any atom is -0.332 e. The van der Waals surface area contributed by atoms with Crippen LogP contribution in [0.1, 0.15) is 30.1 Å². The predicted molar refractivity (Wildman–Crippen MR) is 81.2 cm³/mol. The normalized spacial score (nSPS) is 15.5. The Bertz CT molecular complexity index is 596. The highest BCUT2D eigenvalue weighted by Gasteiger charge is 2.35. The summed E-state index contributed by atoms with van der Waals surface area (Å²) in [6.45, 7) is 0.533. The number of carbonyl (C=O) groups is 1. The molecule has 2 aromatic rings. The second kappa shape index (κ2) is 6.06. The molecule has 3 rings (SSSR count). The number of carbonyl (C=O) groups excluding carboxylic acids is 1. The van der Waals surface area contributed by atoms with Crippen LogP contribution in [0.3, 0.4) is 0 Å². The molecule has 1 heterocycles. The minimum atomic E-state index is -0.601. The monoisotopic (exact) mass is 281 g/mol. The zero-order chi connectivity index (χ0) is 14.7. The second-order valence-corrected chi connectivity index (χ2v) is 5.41. The van der Waals surface area contributed by atoms with Crippen LogP contribution in [0.4, 0.5) is 0 Å². The predicted octanol–water partition coefficient (Wildman–Crippen LogP) is 2.27. The Hall–Kier alpha value is -2.20. The van der Waals surface area contributed by atoms with E-state index in [1.165, 1.54) is 0 Å². The molecule has 0 radical (unpaired) electrons. The van der Waals surface area contributed by atoms with Gasteiger partial charge in [0.15, 0.2) is 0 Å². The fourth-order valence-electron chi connectivity index (χ4n) is 2.42. The summed E-state index contributed by atoms with van der Waals surface area (Å²) in [5.74, 6) is -0.0191. The molecule has 0 aliphatic heterocycles. The third-order valence-corrected chi connectivity index (χ3v) is 3.75. The van der Waals surface area contributed by atoms with Crippen molar-refractivity contribution in [1.82, 2.24) is 9.88 Å². The highest BCUT2D eigenvalue weighted by atomic mass is 16.2. The summed E-state index contributed by atoms with van der Waals surface area (Å²) in [5, 5.41) is 0. The molecule has 1 aliphatic carbocycles. The molecular formula is C17H19N3O. The number of nitrogens with zero attached hydrogens (tertiary/aromatic N) is 2. The zero-order valence-electron chi connectivity index (χ0n) is 11.9. The SMILES string of the molecule is N[C@H](C(=O)N(Cc1ccccn1)C1CC1)c1ccccc1. The maximum atomic E-state index is 12.7. The highest BCUT2D eigenvalue weighted by Crippen LogP contribution is 2.30. The van der Waals surface area contributed by atoms with Gasteiger partial charge in [-0.2, -0.15) is 0 Å². The maximum Gasteiger partial charge on any atom is 0.244 e. The van der Waals surface area contributed by atoms with Gasteiger partial charge in [0.05, 0.1) is 12.2 Å². The Kier molecular flexibility index (Phi) is 3.97. The van der Waals surface area contributed by atoms with Crippen LogP contribution in [-0.4, -0.2) is 21.8 Å². The number of amides is 1. The van der Waals surface area contributed by atoms with Gasteiger partial charge in [0.2, 0.25) is 5.91 Å². The van der Waals surface area contributed by atoms with E-state index in [1.807, 2.05) is 53.4 Å². The first-order chi connectivity index (χ1) is 10.3. The number of nitrogens with two attached hydrogens (primary N) is 1. The molecule has 1 fully saturated rings. The molecule has 1 amide bonds. The molecule has 1 aliphatic rings. The summed E-state index contributed by atoms with van der Waals surface area (Å²) in [5.41, 5.74) is 7.90. The van der Waals surface area contributed by atoms with Gasteiger partial charge >= 0.3 is 0 Å². The lowest BCUT2D eigenvalue weighted by molar-refractivity contribution is -0.134. The lowest BCUT2D eigenvalue weighted by Gasteiger charge is -2.25. The Morgan fingerprint density at radius 2 is 1.90 bits per heavy atom. The van der Waals surface area contributed by atoms with Crippen molar-refractivity contribution in [1.29, 1.82) is 0 Å². The summed E-state index contributed by atoms with van der Waals surface area (Å²) >= 11 is 0. The average molecular weight is 281 g/mol. The first-order valence-electron chi connectivity index (χ1n) is 7.26. The Morgan fingerprint density at radius 1 is 1.19 bits per heavy atom. The van der Waals surface area contributed by atoms with E-state index in [9.17, 15) is 4.79 Å². The molecule has 0 saturated heterocycles. The fourth-order valence-corrected chi connectivity index (χ4v) is 2.42. The first kappa shape index (κ1) is 13.8. The molecule has 21 heavy (non-hydrogen) atoms. The molecule has 0 unspecified atom stereocenters. The van der Waals surface area contributed by atoms with Crippen molar-refractivity contribution in [2.45, 2.75) is 31.5 Å². The molecular weight excluding hydrogens is 262 g/mol. The Morgan fingerprint density at radius 3 is 2.52 bits per heavy atom. The topological polar surface area (TPSA) is 59.2 Å². The Labute approximate surface area is 124 Å². The molecule has 108 valence electrons. The smallest absolute Gasteiger partial charge is 0.244 e. The van der Waals surface area contributed by atoms with Crippen LogP contribution in [0.25, 0.3) is 0 Å². The van der Waals surface area contributed by atoms with Crippen molar-refractivity contribution < 1.29 is 4.79 Å². The van der Waals surface area contributed by atoms with E-state index in [1.54, 1.807) is 6.20 Å². The summed E-state index contributed by atoms with van der Waals surface area (Å²) in [4.78, 5) is 18.9. The van der Waals surface area contributed by atoms with Crippen molar-refractivity contribution in [3.8, 4) is 0 Å². The van der Waals surface area contributed by atoms with Gasteiger partial charge in [0.1, 0.15) is 6.04 Å². The molecule has 4 nitrogen and oxygen atoms in total. The number of aromatic nitrogens is 1. The Balaban J connectivity index is 1.76. The minimum absolute atomic E-state index is 0.0191. The van der Waals surface area contributed by atoms with Crippen molar-refractivity contribution >= 4 is 5.91 Å². The quantitative estimate of drug-likeness (QED) is 0.914. The molecule has 4 heteroatoms. The van der Waals surface area contributed by atoms with Gasteiger partial charge in [-0.15, -0.1) is 0 Å². The molecule has 1 aromatic carbocycles. The van der Waals surface area contributed by atoms with Gasteiger partial charge in [-0.25, -0.2) is 0 Å². The van der Waals surface area contributed by atoms with Crippen LogP contribution < -0.4 is 5.73 Å². The molecule has 1 saturated carbocycles. The van der Waals surface area contributed by atoms with E-state index in [2.05, 4.69) is 4.98 Å². The van der Waals surface area contributed by atoms with Crippen molar-refractivity contribution in [3.05, 3.63) is 66.0 Å². The number of hydrogen-bond acceptors (Lipinski definition) is 3. The van der Waals surface area contributed by atoms with Gasteiger partial charge < -0.3 is 10.6 Å². The van der Waals surface area contributed by atoms with E-state index in [0.717, 1.165) is 24.1 Å². The standard InChI is InChI=1S/C17H19N3O/c18-16(13-6-2-1-3-7-13)17(21)20(15-9-10-15)12-14-8-4-5-11-19-14/h1-8,11,15-16H,9-10,12,18H2/t16-/m0/s1. The molecule has 0 bridgehead atoms. The lowest BCUT2D eigenvalue weighted by atomic mass is 10.1. The number of benzene rings is 1. The van der Waals surface area contributed by atoms with E-state index in [-0.39, 0.29) is 5.91 Å². The van der Waals surface area contributed by atoms with Crippen LogP contribution in [0.2, 0.25) is 0 Å². The number of hydrogen-bond donors (Lipinski definition) is 1. The molecule has 1 atom stereocenters. The zero-order valence-corrected chi connectivity index (χ0v) is 11.9. The third kappa shape index (κ3) is 3.28. The summed E-state index contributed by atoms with van der Waals surface area (Å²) < 4.78 is 0. The van der Waals surface area contributed by atoms with Crippen molar-refractivity contribution in [3.63, 3.8) is 0 Å². The van der Waals surface area contributed by atoms with E-state index < -0.39 is 6.04 Å². The van der Waals surface area contributed by atoms with Gasteiger partial charge in [0.25, 0.3) is 0 Å². The van der Waals surface area contributed by atoms with Crippen molar-refractivity contribution in [2.24, 2.45) is 5.73 Å². The van der Waals surface area contributed by atoms with Gasteiger partial charge in [0, 0.05) is 12.2 Å². The van der Waals surface area contributed by atoms with Gasteiger partial charge in [-0.3, -0.25) is 9.78 Å². The third-order valence-electron chi connectivity index (χ3n) is 3.75. The van der Waals surface area contributed by atoms with E-state index in [4.69, 9.17) is 5.73 Å². The van der Waals surface area contributed by atoms with Crippen LogP contribution in [0, 0.1) is 0 Å². The first-order valence-corrected chi connectivity index (χ1v) is 7.26. The highest BCUT2D eigenvalue weighted by molar-refractivity contribution is 5.83. The van der Waals surface area contributed by atoms with Crippen LogP contribution in [0.15, 0.2) is 54.7 Å². The summed E-state index contributed by atoms with van der Waals surface area (Å²) in [6, 6.07) is 15.0. The van der Waals surface area contributed by atoms with Crippen LogP contribution in [-0.2, 0) is 11.3 Å². The van der Waals surface area contributed by atoms with Crippen LogP contribution >= 0.6 is 0 Å². The van der Waals surface area contributed by atoms with E-state index in [0.29, 0.717) is 12.6 Å². The van der Waals surface area contributed by atoms with Gasteiger partial charge in [-0.1, -0.05) is 36.4 Å². The molecule has 2 N–H and O–H groups in total. The largest absolute Gasteiger partial charge is 0.332 e. The summed E-state index contributed by atoms with van der Waals surface area (Å²) in [6.07, 6.45) is 3.86. The van der Waals surface area contributed by atoms with Crippen molar-refractivity contribution in [2.75, 3.05) is 0 Å². The van der Waals surface area contributed by atoms with Crippen LogP contribution in [0.5, 0.6) is 0 Å². The summed E-state index contributed by atoms with van der Waals surface area (Å²) in [7, 11) is 0. The number of rotatable bonds is 5. The average Bonchev–Trinajstić information content (AvgIpc) is 3.38. The fraction of sp³-hybridized carbons (Fsp3) is 0.294. The molecule has 1 aromatic heterocycles. The number of pyridine rings is 1. The second-order valence-electron chi connectivity index (χ2n) is 5.41. The molecule has 0 spiro atoms. The van der Waals surface area contributed by atoms with E-state index >= 15 is 0 Å². The maximum absolute atomic E-state index is 12.7.